The minimum atomic E-state index is -5.57. The number of halogens is 5. The van der Waals surface area contributed by atoms with Crippen molar-refractivity contribution >= 4 is 5.97 Å². The van der Waals surface area contributed by atoms with Crippen LogP contribution in [0.4, 0.5) is 22.0 Å². The first kappa shape index (κ1) is 17.9. The molecule has 19 heavy (non-hydrogen) atoms. The molecule has 0 aromatic rings. The lowest BCUT2D eigenvalue weighted by Crippen LogP contribution is -2.36. The number of alkyl halides is 5. The minimum absolute atomic E-state index is 0.199. The molecule has 0 radical (unpaired) electrons. The number of hydrogen-bond donors (Lipinski definition) is 0. The predicted molar refractivity (Wildman–Crippen MR) is 59.9 cm³/mol. The van der Waals surface area contributed by atoms with E-state index in [-0.39, 0.29) is 5.57 Å². The Bertz CT molecular complexity index is 310. The molecule has 2 nitrogen and oxygen atoms in total. The molecule has 0 rings (SSSR count). The van der Waals surface area contributed by atoms with E-state index >= 15 is 0 Å². The molecule has 0 aromatic heterocycles. The summed E-state index contributed by atoms with van der Waals surface area (Å²) in [6, 6.07) is 0. The fourth-order valence-corrected chi connectivity index (χ4v) is 1.20. The topological polar surface area (TPSA) is 26.3 Å². The summed E-state index contributed by atoms with van der Waals surface area (Å²) in [4.78, 5) is 11.2. The van der Waals surface area contributed by atoms with Gasteiger partial charge >= 0.3 is 18.1 Å². The molecule has 112 valence electrons. The van der Waals surface area contributed by atoms with Gasteiger partial charge in [-0.2, -0.15) is 22.0 Å². The minimum Gasteiger partial charge on any atom is -0.462 e. The molecule has 0 fully saturated rings. The van der Waals surface area contributed by atoms with Gasteiger partial charge in [-0.25, -0.2) is 4.79 Å². The predicted octanol–water partition coefficient (Wildman–Crippen LogP) is 4.25. The normalized spacial score (nSPS) is 12.3. The summed E-state index contributed by atoms with van der Waals surface area (Å²) in [7, 11) is 0. The van der Waals surface area contributed by atoms with Gasteiger partial charge in [-0.15, -0.1) is 0 Å². The standard InChI is InChI=1S/C12H17F5O2/c1-3-4-6-9(2)10(18)19-8-5-7-11(13,14)12(15,16)17/h2-8H2,1H3. The Labute approximate surface area is 108 Å². The number of carbonyl (C=O) groups is 1. The molecule has 0 heterocycles. The van der Waals surface area contributed by atoms with E-state index in [1.54, 1.807) is 0 Å². The Morgan fingerprint density at radius 3 is 2.21 bits per heavy atom. The third-order valence-corrected chi connectivity index (χ3v) is 2.40. The van der Waals surface area contributed by atoms with Crippen molar-refractivity contribution in [1.82, 2.24) is 0 Å². The van der Waals surface area contributed by atoms with Crippen molar-refractivity contribution in [2.24, 2.45) is 0 Å². The lowest BCUT2D eigenvalue weighted by molar-refractivity contribution is -0.284. The maximum atomic E-state index is 12.5. The van der Waals surface area contributed by atoms with Crippen molar-refractivity contribution in [3.8, 4) is 0 Å². The van der Waals surface area contributed by atoms with Gasteiger partial charge < -0.3 is 4.74 Å². The lowest BCUT2D eigenvalue weighted by Gasteiger charge is -2.19. The van der Waals surface area contributed by atoms with Gasteiger partial charge in [0.1, 0.15) is 0 Å². The average molecular weight is 288 g/mol. The molecule has 0 aliphatic heterocycles. The summed E-state index contributed by atoms with van der Waals surface area (Å²) < 4.78 is 65.0. The molecule has 0 amide bonds. The van der Waals surface area contributed by atoms with Crippen molar-refractivity contribution in [3.05, 3.63) is 12.2 Å². The molecular formula is C12H17F5O2. The fourth-order valence-electron chi connectivity index (χ4n) is 1.20. The van der Waals surface area contributed by atoms with E-state index in [2.05, 4.69) is 11.3 Å². The van der Waals surface area contributed by atoms with Crippen LogP contribution in [0.3, 0.4) is 0 Å². The molecule has 0 aromatic carbocycles. The van der Waals surface area contributed by atoms with Gasteiger partial charge in [0.15, 0.2) is 0 Å². The Balaban J connectivity index is 3.93. The van der Waals surface area contributed by atoms with Gasteiger partial charge in [-0.1, -0.05) is 19.9 Å². The zero-order valence-electron chi connectivity index (χ0n) is 10.7. The maximum Gasteiger partial charge on any atom is 0.453 e. The van der Waals surface area contributed by atoms with Crippen molar-refractivity contribution in [2.45, 2.75) is 51.1 Å². The number of hydrogen-bond acceptors (Lipinski definition) is 2. The van der Waals surface area contributed by atoms with Gasteiger partial charge in [0.25, 0.3) is 0 Å². The summed E-state index contributed by atoms with van der Waals surface area (Å²) >= 11 is 0. The Kier molecular flexibility index (Phi) is 7.00. The first-order chi connectivity index (χ1) is 8.62. The van der Waals surface area contributed by atoms with E-state index in [1.165, 1.54) is 0 Å². The van der Waals surface area contributed by atoms with Crippen LogP contribution in [0, 0.1) is 0 Å². The van der Waals surface area contributed by atoms with Crippen molar-refractivity contribution in [1.29, 1.82) is 0 Å². The summed E-state index contributed by atoms with van der Waals surface area (Å²) in [6.45, 7) is 4.89. The van der Waals surface area contributed by atoms with Crippen molar-refractivity contribution in [3.63, 3.8) is 0 Å². The monoisotopic (exact) mass is 288 g/mol. The average Bonchev–Trinajstić information content (AvgIpc) is 2.29. The molecule has 0 saturated heterocycles. The SMILES string of the molecule is C=C(CCCC)C(=O)OCCCC(F)(F)C(F)(F)F. The molecule has 0 saturated carbocycles. The number of esters is 1. The fraction of sp³-hybridized carbons (Fsp3) is 0.750. The number of carbonyl (C=O) groups excluding carboxylic acids is 1. The third kappa shape index (κ3) is 6.54. The van der Waals surface area contributed by atoms with Crippen LogP contribution in [-0.4, -0.2) is 24.7 Å². The van der Waals surface area contributed by atoms with Crippen LogP contribution in [-0.2, 0) is 9.53 Å². The van der Waals surface area contributed by atoms with E-state index in [1.807, 2.05) is 6.92 Å². The van der Waals surface area contributed by atoms with E-state index in [4.69, 9.17) is 0 Å². The highest BCUT2D eigenvalue weighted by Crippen LogP contribution is 2.38. The van der Waals surface area contributed by atoms with Gasteiger partial charge in [0.2, 0.25) is 0 Å². The molecule has 7 heteroatoms. The van der Waals surface area contributed by atoms with Gasteiger partial charge in [-0.3, -0.25) is 0 Å². The zero-order chi connectivity index (χ0) is 15.1. The Morgan fingerprint density at radius 2 is 1.74 bits per heavy atom. The number of ether oxygens (including phenoxy) is 1. The second-order valence-corrected chi connectivity index (χ2v) is 4.15. The van der Waals surface area contributed by atoms with Crippen LogP contribution >= 0.6 is 0 Å². The van der Waals surface area contributed by atoms with Gasteiger partial charge in [0.05, 0.1) is 6.61 Å². The van der Waals surface area contributed by atoms with Crippen LogP contribution in [0.1, 0.15) is 39.0 Å². The quantitative estimate of drug-likeness (QED) is 0.289. The molecule has 0 N–H and O–H groups in total. The summed E-state index contributed by atoms with van der Waals surface area (Å²) in [5, 5.41) is 0. The largest absolute Gasteiger partial charge is 0.462 e. The molecule has 0 spiro atoms. The highest BCUT2D eigenvalue weighted by atomic mass is 19.4. The highest BCUT2D eigenvalue weighted by molar-refractivity contribution is 5.87. The smallest absolute Gasteiger partial charge is 0.453 e. The number of unbranched alkanes of at least 4 members (excludes halogenated alkanes) is 1. The summed E-state index contributed by atoms with van der Waals surface area (Å²) in [5.74, 6) is -5.50. The second kappa shape index (κ2) is 7.45. The molecule has 0 unspecified atom stereocenters. The van der Waals surface area contributed by atoms with Crippen molar-refractivity contribution in [2.75, 3.05) is 6.61 Å². The van der Waals surface area contributed by atoms with E-state index in [0.717, 1.165) is 12.8 Å². The second-order valence-electron chi connectivity index (χ2n) is 4.15. The maximum absolute atomic E-state index is 12.5. The highest BCUT2D eigenvalue weighted by Gasteiger charge is 2.56. The third-order valence-electron chi connectivity index (χ3n) is 2.40. The van der Waals surface area contributed by atoms with E-state index < -0.39 is 37.5 Å². The van der Waals surface area contributed by atoms with Gasteiger partial charge in [-0.05, 0) is 19.3 Å². The van der Waals surface area contributed by atoms with Crippen molar-refractivity contribution < 1.29 is 31.5 Å². The molecular weight excluding hydrogens is 271 g/mol. The van der Waals surface area contributed by atoms with Crippen LogP contribution in [0.5, 0.6) is 0 Å². The van der Waals surface area contributed by atoms with E-state index in [0.29, 0.717) is 6.42 Å². The first-order valence-corrected chi connectivity index (χ1v) is 5.91. The lowest BCUT2D eigenvalue weighted by atomic mass is 10.1. The van der Waals surface area contributed by atoms with Crippen LogP contribution in [0.25, 0.3) is 0 Å². The molecule has 0 bridgehead atoms. The van der Waals surface area contributed by atoms with Crippen LogP contribution < -0.4 is 0 Å². The molecule has 0 atom stereocenters. The Hall–Kier alpha value is -1.14. The zero-order valence-corrected chi connectivity index (χ0v) is 10.7. The summed E-state index contributed by atoms with van der Waals surface area (Å²) in [6.07, 6.45) is -5.51. The van der Waals surface area contributed by atoms with Crippen LogP contribution in [0.15, 0.2) is 12.2 Å². The molecule has 0 aliphatic carbocycles. The van der Waals surface area contributed by atoms with Gasteiger partial charge in [0, 0.05) is 12.0 Å². The first-order valence-electron chi connectivity index (χ1n) is 5.91. The van der Waals surface area contributed by atoms with E-state index in [9.17, 15) is 26.7 Å². The summed E-state index contributed by atoms with van der Waals surface area (Å²) in [5.41, 5.74) is 0.199. The Morgan fingerprint density at radius 1 is 1.16 bits per heavy atom. The molecule has 0 aliphatic rings. The number of rotatable bonds is 8. The van der Waals surface area contributed by atoms with Crippen LogP contribution in [0.2, 0.25) is 0 Å².